The van der Waals surface area contributed by atoms with E-state index in [0.29, 0.717) is 0 Å². The van der Waals surface area contributed by atoms with Crippen molar-refractivity contribution in [2.45, 2.75) is 102 Å². The van der Waals surface area contributed by atoms with Crippen molar-refractivity contribution in [3.05, 3.63) is 333 Å². The molecule has 1 unspecified atom stereocenters. The molecule has 12 aromatic carbocycles. The Hall–Kier alpha value is -8.44. The second-order valence-electron chi connectivity index (χ2n) is 27.1. The minimum atomic E-state index is 0.0986. The molecule has 0 spiro atoms. The molecule has 0 N–H and O–H groups in total. The van der Waals surface area contributed by atoms with Crippen LogP contribution < -0.4 is 14.7 Å². The van der Waals surface area contributed by atoms with E-state index in [1.807, 2.05) is 6.07 Å². The van der Waals surface area contributed by atoms with Crippen molar-refractivity contribution in [3.8, 4) is 22.5 Å². The summed E-state index contributed by atoms with van der Waals surface area (Å²) in [6.45, 7) is 35.1. The van der Waals surface area contributed by atoms with E-state index in [9.17, 15) is 0 Å². The summed E-state index contributed by atoms with van der Waals surface area (Å²) in [5.74, 6) is 0.289. The third-order valence-corrected chi connectivity index (χ3v) is 22.3. The highest BCUT2D eigenvalue weighted by atomic mass is 79.9. The maximum absolute atomic E-state index is 3.69. The summed E-state index contributed by atoms with van der Waals surface area (Å²) in [6.07, 6.45) is 0. The molecule has 2 aromatic heterocycles. The summed E-state index contributed by atoms with van der Waals surface area (Å²) in [5, 5.41) is 5.08. The van der Waals surface area contributed by atoms with Gasteiger partial charge < -0.3 is 23.8 Å². The summed E-state index contributed by atoms with van der Waals surface area (Å²) in [4.78, 5) is 7.28. The standard InChI is InChI=1S/C49H53N3.C26H29Br2N.C18H11Br2N/c1-9-50(10-2)41-20-22-43(35(7)29-41)49(44-23-21-42(30-36(44)8)51(11-3)12-4)39-27-34(6)26-38(31-39)37-19-25-48-46(32-37)45-28-33(5)18-24-47(45)52(48)40-16-14-13-15-17-40;1-6-29(7-2)23-9-11-25(19(5)13-23)26(20-14-21(27)16-22(28)15-20)24-10-8-17(3)12-18(24)4;19-12-6-8-17-15(10-12)16-11-13(20)7-9-18(16)21(17)14-4-2-1-3-5-14/h13-32,49H,9-12H2,1-8H3;8-16,26H,6-7H2,1-5H3;1-11H. The molecule has 1 atom stereocenters. The molecule has 0 amide bonds. The van der Waals surface area contributed by atoms with Crippen molar-refractivity contribution in [1.82, 2.24) is 9.13 Å². The van der Waals surface area contributed by atoms with Gasteiger partial charge in [-0.25, -0.2) is 0 Å². The van der Waals surface area contributed by atoms with E-state index in [1.165, 1.54) is 156 Å². The predicted octanol–water partition coefficient (Wildman–Crippen LogP) is 27.0. The van der Waals surface area contributed by atoms with Crippen LogP contribution in [0.3, 0.4) is 0 Å². The van der Waals surface area contributed by atoms with Gasteiger partial charge in [0.1, 0.15) is 0 Å². The van der Waals surface area contributed by atoms with Gasteiger partial charge in [-0.3, -0.25) is 0 Å². The Morgan fingerprint density at radius 2 is 0.627 bits per heavy atom. The summed E-state index contributed by atoms with van der Waals surface area (Å²) in [5.41, 5.74) is 30.9. The Labute approximate surface area is 639 Å². The molecule has 0 aliphatic heterocycles. The molecule has 0 saturated carbocycles. The second-order valence-corrected chi connectivity index (χ2v) is 30.8. The van der Waals surface area contributed by atoms with Crippen LogP contribution in [0.15, 0.2) is 261 Å². The number of rotatable bonds is 18. The number of halogens is 4. The average Bonchev–Trinajstić information content (AvgIpc) is 1.55. The fourth-order valence-electron chi connectivity index (χ4n) is 15.4. The zero-order chi connectivity index (χ0) is 72.0. The van der Waals surface area contributed by atoms with Crippen molar-refractivity contribution in [3.63, 3.8) is 0 Å². The highest BCUT2D eigenvalue weighted by molar-refractivity contribution is 9.11. The number of hydrogen-bond acceptors (Lipinski definition) is 3. The second kappa shape index (κ2) is 32.5. The quantitative estimate of drug-likeness (QED) is 0.0799. The molecule has 102 heavy (non-hydrogen) atoms. The van der Waals surface area contributed by atoms with Gasteiger partial charge in [0.05, 0.1) is 22.1 Å². The van der Waals surface area contributed by atoms with Crippen LogP contribution in [0.2, 0.25) is 0 Å². The first-order valence-corrected chi connectivity index (χ1v) is 39.3. The first-order valence-electron chi connectivity index (χ1n) is 36.1. The minimum Gasteiger partial charge on any atom is -0.372 e. The predicted molar refractivity (Wildman–Crippen MR) is 456 cm³/mol. The first-order chi connectivity index (χ1) is 49.3. The lowest BCUT2D eigenvalue weighted by atomic mass is 9.79. The van der Waals surface area contributed by atoms with Gasteiger partial charge in [0.25, 0.3) is 0 Å². The van der Waals surface area contributed by atoms with Crippen LogP contribution in [0.1, 0.15) is 126 Å². The lowest BCUT2D eigenvalue weighted by molar-refractivity contribution is 0.859. The Kier molecular flexibility index (Phi) is 23.3. The third kappa shape index (κ3) is 15.6. The number of para-hydroxylation sites is 2. The number of benzene rings is 12. The highest BCUT2D eigenvalue weighted by Gasteiger charge is 2.26. The number of aromatic nitrogens is 2. The normalized spacial score (nSPS) is 11.7. The summed E-state index contributed by atoms with van der Waals surface area (Å²) in [6, 6.07) is 89.8. The van der Waals surface area contributed by atoms with Gasteiger partial charge in [-0.2, -0.15) is 0 Å². The van der Waals surface area contributed by atoms with Gasteiger partial charge in [-0.05, 0) is 296 Å². The van der Waals surface area contributed by atoms with Gasteiger partial charge >= 0.3 is 0 Å². The van der Waals surface area contributed by atoms with Gasteiger partial charge in [0.2, 0.25) is 0 Å². The smallest absolute Gasteiger partial charge is 0.0541 e. The van der Waals surface area contributed by atoms with Crippen LogP contribution in [0, 0.1) is 48.5 Å². The molecule has 0 bridgehead atoms. The molecule has 0 saturated heterocycles. The lowest BCUT2D eigenvalue weighted by Gasteiger charge is -2.28. The van der Waals surface area contributed by atoms with Gasteiger partial charge in [-0.15, -0.1) is 0 Å². The largest absolute Gasteiger partial charge is 0.372 e. The van der Waals surface area contributed by atoms with E-state index >= 15 is 0 Å². The SMILES string of the molecule is Brc1ccc2c(c1)c1cc(Br)ccc1n2-c1ccccc1.CCN(CC)c1ccc(C(c2cc(Br)cc(Br)c2)c2ccc(C)cc2C)c(C)c1.CCN(CC)c1ccc(C(c2cc(C)cc(-c3ccc4c(c3)c3cc(C)ccc3n4-c3ccccc3)c2)c2ccc(N(CC)CC)cc2C)c(C)c1. The Bertz CT molecular complexity index is 5170. The van der Waals surface area contributed by atoms with Crippen molar-refractivity contribution >= 4 is 124 Å². The van der Waals surface area contributed by atoms with E-state index in [2.05, 4.69) is 414 Å². The summed E-state index contributed by atoms with van der Waals surface area (Å²) >= 11 is 14.5. The number of hydrogen-bond donors (Lipinski definition) is 0. The monoisotopic (exact) mass is 1600 g/mol. The maximum Gasteiger partial charge on any atom is 0.0541 e. The zero-order valence-electron chi connectivity index (χ0n) is 61.2. The van der Waals surface area contributed by atoms with Crippen LogP contribution in [0.25, 0.3) is 66.1 Å². The zero-order valence-corrected chi connectivity index (χ0v) is 67.6. The molecule has 2 heterocycles. The van der Waals surface area contributed by atoms with Crippen molar-refractivity contribution < 1.29 is 0 Å². The lowest BCUT2D eigenvalue weighted by Crippen LogP contribution is -2.22. The average molecular weight is 1600 g/mol. The number of anilines is 3. The number of fused-ring (bicyclic) bond motifs is 6. The van der Waals surface area contributed by atoms with Crippen molar-refractivity contribution in [2.75, 3.05) is 54.0 Å². The van der Waals surface area contributed by atoms with Crippen LogP contribution in [0.5, 0.6) is 0 Å². The summed E-state index contributed by atoms with van der Waals surface area (Å²) < 4.78 is 9.09. The van der Waals surface area contributed by atoms with Gasteiger partial charge in [0.15, 0.2) is 0 Å². The maximum atomic E-state index is 3.69. The van der Waals surface area contributed by atoms with Gasteiger partial charge in [0, 0.05) is 119 Å². The molecule has 5 nitrogen and oxygen atoms in total. The molecule has 14 aromatic rings. The van der Waals surface area contributed by atoms with E-state index in [1.54, 1.807) is 0 Å². The molecule has 14 rings (SSSR count). The molecular weight excluding hydrogens is 1510 g/mol. The minimum absolute atomic E-state index is 0.0986. The third-order valence-electron chi connectivity index (χ3n) is 20.4. The molecular formula is C93H93Br4N5. The van der Waals surface area contributed by atoms with Crippen molar-refractivity contribution in [1.29, 1.82) is 0 Å². The molecule has 0 fully saturated rings. The van der Waals surface area contributed by atoms with E-state index in [0.717, 1.165) is 57.2 Å². The molecule has 0 aliphatic rings. The molecule has 9 heteroatoms. The molecule has 518 valence electrons. The highest BCUT2D eigenvalue weighted by Crippen LogP contribution is 2.44. The van der Waals surface area contributed by atoms with E-state index < -0.39 is 0 Å². The Morgan fingerprint density at radius 3 is 1.04 bits per heavy atom. The number of nitrogens with zero attached hydrogens (tertiary/aromatic N) is 5. The van der Waals surface area contributed by atoms with Crippen LogP contribution in [0.4, 0.5) is 17.1 Å². The fraction of sp³-hybridized carbons (Fsp3) is 0.226. The fourth-order valence-corrected chi connectivity index (χ4v) is 17.4. The Balaban J connectivity index is 0.000000163. The van der Waals surface area contributed by atoms with Crippen molar-refractivity contribution in [2.24, 2.45) is 0 Å². The molecule has 0 radical (unpaired) electrons. The Morgan fingerprint density at radius 1 is 0.275 bits per heavy atom. The first kappa shape index (κ1) is 73.3. The molecule has 0 aliphatic carbocycles. The van der Waals surface area contributed by atoms with Crippen LogP contribution in [-0.4, -0.2) is 48.4 Å². The van der Waals surface area contributed by atoms with E-state index in [-0.39, 0.29) is 11.8 Å². The number of aryl methyl sites for hydroxylation is 7. The topological polar surface area (TPSA) is 19.6 Å². The summed E-state index contributed by atoms with van der Waals surface area (Å²) in [7, 11) is 0. The van der Waals surface area contributed by atoms with E-state index in [4.69, 9.17) is 0 Å². The van der Waals surface area contributed by atoms with Crippen LogP contribution in [-0.2, 0) is 0 Å². The van der Waals surface area contributed by atoms with Crippen LogP contribution >= 0.6 is 63.7 Å². The van der Waals surface area contributed by atoms with Gasteiger partial charge in [-0.1, -0.05) is 184 Å².